The minimum Gasteiger partial charge on any atom is -0.476 e. The molecule has 2 N–H and O–H groups in total. The highest BCUT2D eigenvalue weighted by atomic mass is 32.2. The summed E-state index contributed by atoms with van der Waals surface area (Å²) < 4.78 is 0. The third-order valence-electron chi connectivity index (χ3n) is 1.76. The molecule has 0 amide bonds. The van der Waals surface area contributed by atoms with Crippen molar-refractivity contribution < 1.29 is 9.90 Å². The minimum absolute atomic E-state index is 0.0458. The molecule has 0 fully saturated rings. The van der Waals surface area contributed by atoms with Gasteiger partial charge in [-0.15, -0.1) is 18.2 Å². The van der Waals surface area contributed by atoms with Gasteiger partial charge in [-0.1, -0.05) is 5.92 Å². The van der Waals surface area contributed by atoms with Crippen molar-refractivity contribution in [3.8, 4) is 12.3 Å². The van der Waals surface area contributed by atoms with E-state index in [1.165, 1.54) is 6.20 Å². The van der Waals surface area contributed by atoms with Gasteiger partial charge in [-0.05, 0) is 12.1 Å². The van der Waals surface area contributed by atoms with Crippen LogP contribution in [0.2, 0.25) is 0 Å². The molecule has 0 aliphatic heterocycles. The fourth-order valence-electron chi connectivity index (χ4n) is 1.11. The Balaban J connectivity index is 2.47. The van der Waals surface area contributed by atoms with E-state index in [4.69, 9.17) is 11.5 Å². The van der Waals surface area contributed by atoms with Crippen molar-refractivity contribution in [2.45, 2.75) is 0 Å². The highest BCUT2D eigenvalue weighted by Crippen LogP contribution is 2.11. The van der Waals surface area contributed by atoms with Crippen molar-refractivity contribution in [3.63, 3.8) is 0 Å². The summed E-state index contributed by atoms with van der Waals surface area (Å²) in [4.78, 5) is 14.6. The standard InChI is InChI=1S/C11H12N2O2S/c1-2-7-16-8-6-12-9-4-3-5-13-10(9)11(14)15/h1,3-5,12H,6-8H2,(H,14,15). The molecule has 0 aliphatic carbocycles. The maximum Gasteiger partial charge on any atom is 0.356 e. The van der Waals surface area contributed by atoms with Gasteiger partial charge in [0.25, 0.3) is 0 Å². The third kappa shape index (κ3) is 3.83. The number of rotatable bonds is 6. The maximum absolute atomic E-state index is 10.8. The lowest BCUT2D eigenvalue weighted by atomic mass is 10.3. The number of nitrogens with one attached hydrogen (secondary N) is 1. The zero-order chi connectivity index (χ0) is 11.8. The van der Waals surface area contributed by atoms with Gasteiger partial charge < -0.3 is 10.4 Å². The van der Waals surface area contributed by atoms with E-state index in [2.05, 4.69) is 16.2 Å². The molecule has 84 valence electrons. The van der Waals surface area contributed by atoms with Crippen LogP contribution in [-0.2, 0) is 0 Å². The number of hydrogen-bond acceptors (Lipinski definition) is 4. The number of nitrogens with zero attached hydrogens (tertiary/aromatic N) is 1. The predicted molar refractivity (Wildman–Crippen MR) is 65.8 cm³/mol. The van der Waals surface area contributed by atoms with Gasteiger partial charge >= 0.3 is 5.97 Å². The molecule has 0 saturated heterocycles. The summed E-state index contributed by atoms with van der Waals surface area (Å²) in [5.74, 6) is 3.00. The fraction of sp³-hybridized carbons (Fsp3) is 0.273. The first kappa shape index (κ1) is 12.4. The zero-order valence-electron chi connectivity index (χ0n) is 8.64. The predicted octanol–water partition coefficient (Wildman–Crippen LogP) is 1.56. The average Bonchev–Trinajstić information content (AvgIpc) is 2.29. The van der Waals surface area contributed by atoms with Crippen molar-refractivity contribution in [2.75, 3.05) is 23.4 Å². The molecule has 5 heteroatoms. The van der Waals surface area contributed by atoms with E-state index in [-0.39, 0.29) is 5.69 Å². The summed E-state index contributed by atoms with van der Waals surface area (Å²) in [6.07, 6.45) is 6.57. The molecule has 0 aromatic carbocycles. The number of carboxylic acids is 1. The first-order valence-electron chi connectivity index (χ1n) is 4.69. The van der Waals surface area contributed by atoms with Crippen LogP contribution >= 0.6 is 11.8 Å². The first-order chi connectivity index (χ1) is 7.75. The Morgan fingerprint density at radius 1 is 1.69 bits per heavy atom. The average molecular weight is 236 g/mol. The topological polar surface area (TPSA) is 62.2 Å². The van der Waals surface area contributed by atoms with Crippen molar-refractivity contribution >= 4 is 23.4 Å². The van der Waals surface area contributed by atoms with Crippen LogP contribution < -0.4 is 5.32 Å². The van der Waals surface area contributed by atoms with Gasteiger partial charge in [0.2, 0.25) is 0 Å². The number of carbonyl (C=O) groups is 1. The summed E-state index contributed by atoms with van der Waals surface area (Å²) in [5.41, 5.74) is 0.584. The fourth-order valence-corrected chi connectivity index (χ4v) is 1.62. The van der Waals surface area contributed by atoms with E-state index in [1.807, 2.05) is 0 Å². The molecule has 16 heavy (non-hydrogen) atoms. The smallest absolute Gasteiger partial charge is 0.356 e. The molecule has 4 nitrogen and oxygen atoms in total. The molecule has 0 bridgehead atoms. The van der Waals surface area contributed by atoms with E-state index < -0.39 is 5.97 Å². The lowest BCUT2D eigenvalue weighted by Crippen LogP contribution is -2.10. The number of aromatic nitrogens is 1. The second-order valence-corrected chi connectivity index (χ2v) is 3.99. The van der Waals surface area contributed by atoms with Gasteiger partial charge in [-0.25, -0.2) is 9.78 Å². The molecule has 1 aromatic heterocycles. The second-order valence-electron chi connectivity index (χ2n) is 2.89. The van der Waals surface area contributed by atoms with E-state index in [0.717, 1.165) is 5.75 Å². The molecule has 1 aromatic rings. The summed E-state index contributed by atoms with van der Waals surface area (Å²) in [6, 6.07) is 3.39. The number of thioether (sulfide) groups is 1. The largest absolute Gasteiger partial charge is 0.476 e. The number of anilines is 1. The number of carboxylic acid groups (broad SMARTS) is 1. The SMILES string of the molecule is C#CCSCCNc1cccnc1C(=O)O. The Labute approximate surface area is 98.5 Å². The van der Waals surface area contributed by atoms with Gasteiger partial charge in [0.1, 0.15) is 0 Å². The second kappa shape index (κ2) is 6.75. The zero-order valence-corrected chi connectivity index (χ0v) is 9.46. The number of terminal acetylenes is 1. The lowest BCUT2D eigenvalue weighted by molar-refractivity contribution is 0.0691. The molecule has 1 heterocycles. The van der Waals surface area contributed by atoms with Gasteiger partial charge in [0.05, 0.1) is 11.4 Å². The highest BCUT2D eigenvalue weighted by Gasteiger charge is 2.09. The van der Waals surface area contributed by atoms with Crippen molar-refractivity contribution in [2.24, 2.45) is 0 Å². The molecule has 0 saturated carbocycles. The molecule has 0 atom stereocenters. The minimum atomic E-state index is -1.03. The maximum atomic E-state index is 10.8. The van der Waals surface area contributed by atoms with E-state index >= 15 is 0 Å². The summed E-state index contributed by atoms with van der Waals surface area (Å²) in [7, 11) is 0. The van der Waals surface area contributed by atoms with E-state index in [9.17, 15) is 4.79 Å². The molecule has 0 unspecified atom stereocenters. The summed E-state index contributed by atoms with van der Waals surface area (Å²) in [5, 5.41) is 11.9. The van der Waals surface area contributed by atoms with Crippen molar-refractivity contribution in [3.05, 3.63) is 24.0 Å². The monoisotopic (exact) mass is 236 g/mol. The quantitative estimate of drug-likeness (QED) is 0.579. The van der Waals surface area contributed by atoms with Crippen LogP contribution in [0.15, 0.2) is 18.3 Å². The molecule has 0 spiro atoms. The Hall–Kier alpha value is -1.67. The van der Waals surface area contributed by atoms with Gasteiger partial charge in [0, 0.05) is 18.5 Å². The van der Waals surface area contributed by atoms with Crippen LogP contribution in [0.25, 0.3) is 0 Å². The third-order valence-corrected chi connectivity index (χ3v) is 2.62. The molecule has 0 aliphatic rings. The number of hydrogen-bond donors (Lipinski definition) is 2. The van der Waals surface area contributed by atoms with Crippen LogP contribution in [0, 0.1) is 12.3 Å². The normalized spacial score (nSPS) is 9.44. The van der Waals surface area contributed by atoms with Crippen LogP contribution in [0.3, 0.4) is 0 Å². The van der Waals surface area contributed by atoms with Gasteiger partial charge in [-0.2, -0.15) is 0 Å². The molecule has 1 rings (SSSR count). The number of aromatic carboxylic acids is 1. The van der Waals surface area contributed by atoms with Crippen LogP contribution in [0.5, 0.6) is 0 Å². The van der Waals surface area contributed by atoms with Crippen molar-refractivity contribution in [1.82, 2.24) is 4.98 Å². The van der Waals surface area contributed by atoms with Gasteiger partial charge in [0.15, 0.2) is 5.69 Å². The summed E-state index contributed by atoms with van der Waals surface area (Å²) in [6.45, 7) is 0.665. The van der Waals surface area contributed by atoms with Crippen molar-refractivity contribution in [1.29, 1.82) is 0 Å². The Bertz CT molecular complexity index is 401. The Morgan fingerprint density at radius 3 is 3.19 bits per heavy atom. The van der Waals surface area contributed by atoms with Crippen LogP contribution in [0.4, 0.5) is 5.69 Å². The Morgan fingerprint density at radius 2 is 2.50 bits per heavy atom. The number of pyridine rings is 1. The lowest BCUT2D eigenvalue weighted by Gasteiger charge is -2.07. The molecule has 0 radical (unpaired) electrons. The molecular formula is C11H12N2O2S. The first-order valence-corrected chi connectivity index (χ1v) is 5.84. The van der Waals surface area contributed by atoms with Crippen LogP contribution in [0.1, 0.15) is 10.5 Å². The highest BCUT2D eigenvalue weighted by molar-refractivity contribution is 7.99. The summed E-state index contributed by atoms with van der Waals surface area (Å²) >= 11 is 1.62. The molecular weight excluding hydrogens is 224 g/mol. The van der Waals surface area contributed by atoms with E-state index in [0.29, 0.717) is 18.0 Å². The van der Waals surface area contributed by atoms with Gasteiger partial charge in [-0.3, -0.25) is 0 Å². The van der Waals surface area contributed by atoms with Crippen LogP contribution in [-0.4, -0.2) is 34.1 Å². The van der Waals surface area contributed by atoms with E-state index in [1.54, 1.807) is 23.9 Å². The Kier molecular flexibility index (Phi) is 5.23.